The molecule has 9 heteroatoms. The van der Waals surface area contributed by atoms with Gasteiger partial charge in [-0.05, 0) is 19.8 Å². The average molecular weight is 463 g/mol. The number of piperidine rings is 1. The van der Waals surface area contributed by atoms with Gasteiger partial charge >= 0.3 is 0 Å². The maximum atomic E-state index is 11.6. The summed E-state index contributed by atoms with van der Waals surface area (Å²) in [4.78, 5) is 18.0. The first-order chi connectivity index (χ1) is 11.5. The molecule has 25 heavy (non-hydrogen) atoms. The second-order valence-corrected chi connectivity index (χ2v) is 6.32. The van der Waals surface area contributed by atoms with E-state index in [9.17, 15) is 4.79 Å². The van der Waals surface area contributed by atoms with E-state index in [0.29, 0.717) is 19.5 Å². The van der Waals surface area contributed by atoms with Gasteiger partial charge in [0, 0.05) is 39.6 Å². The number of aryl methyl sites for hydroxylation is 1. The number of likely N-dealkylation sites (tertiary alicyclic amines) is 1. The van der Waals surface area contributed by atoms with Crippen LogP contribution >= 0.6 is 24.0 Å². The average Bonchev–Trinajstić information content (AvgIpc) is 2.88. The van der Waals surface area contributed by atoms with Crippen molar-refractivity contribution in [2.75, 3.05) is 20.1 Å². The number of unbranched alkanes of at least 4 members (excludes halogenated alkanes) is 1. The van der Waals surface area contributed by atoms with Gasteiger partial charge in [-0.3, -0.25) is 4.79 Å². The van der Waals surface area contributed by atoms with Crippen LogP contribution in [0.25, 0.3) is 0 Å². The van der Waals surface area contributed by atoms with Gasteiger partial charge in [-0.25, -0.2) is 4.99 Å². The van der Waals surface area contributed by atoms with E-state index in [4.69, 9.17) is 0 Å². The van der Waals surface area contributed by atoms with Crippen LogP contribution in [0.3, 0.4) is 0 Å². The zero-order chi connectivity index (χ0) is 17.5. The van der Waals surface area contributed by atoms with E-state index in [1.54, 1.807) is 4.90 Å². The van der Waals surface area contributed by atoms with E-state index in [0.717, 1.165) is 43.4 Å². The van der Waals surface area contributed by atoms with Gasteiger partial charge < -0.3 is 20.1 Å². The van der Waals surface area contributed by atoms with Gasteiger partial charge in [0.1, 0.15) is 12.4 Å². The third-order valence-electron chi connectivity index (χ3n) is 4.35. The molecule has 1 fully saturated rings. The minimum atomic E-state index is 0. The zero-order valence-corrected chi connectivity index (χ0v) is 17.9. The molecule has 1 unspecified atom stereocenters. The number of nitrogens with one attached hydrogen (secondary N) is 2. The third-order valence-corrected chi connectivity index (χ3v) is 4.35. The van der Waals surface area contributed by atoms with Crippen LogP contribution in [0.5, 0.6) is 0 Å². The number of hydrogen-bond acceptors (Lipinski definition) is 4. The van der Waals surface area contributed by atoms with Crippen molar-refractivity contribution in [3.8, 4) is 0 Å². The SMILES string of the molecule is CCCCNC(=NCc1nnc(C)n1C)NC1CCC(=O)N(C)C1.I. The lowest BCUT2D eigenvalue weighted by atomic mass is 10.1. The lowest BCUT2D eigenvalue weighted by Crippen LogP contribution is -2.51. The first kappa shape index (κ1) is 21.7. The van der Waals surface area contributed by atoms with Gasteiger partial charge in [0.2, 0.25) is 5.91 Å². The van der Waals surface area contributed by atoms with Crippen LogP contribution in [0.2, 0.25) is 0 Å². The molecule has 1 aromatic rings. The maximum absolute atomic E-state index is 11.6. The molecule has 0 aromatic carbocycles. The summed E-state index contributed by atoms with van der Waals surface area (Å²) in [6.07, 6.45) is 3.63. The Labute approximate surface area is 166 Å². The van der Waals surface area contributed by atoms with Crippen molar-refractivity contribution in [1.29, 1.82) is 0 Å². The Morgan fingerprint density at radius 3 is 2.72 bits per heavy atom. The van der Waals surface area contributed by atoms with Gasteiger partial charge in [-0.1, -0.05) is 13.3 Å². The zero-order valence-electron chi connectivity index (χ0n) is 15.6. The number of amides is 1. The summed E-state index contributed by atoms with van der Waals surface area (Å²) in [6.45, 7) is 6.14. The maximum Gasteiger partial charge on any atom is 0.222 e. The summed E-state index contributed by atoms with van der Waals surface area (Å²) in [5.41, 5.74) is 0. The van der Waals surface area contributed by atoms with Crippen molar-refractivity contribution in [3.63, 3.8) is 0 Å². The van der Waals surface area contributed by atoms with E-state index >= 15 is 0 Å². The monoisotopic (exact) mass is 463 g/mol. The Bertz CT molecular complexity index is 587. The second-order valence-electron chi connectivity index (χ2n) is 6.32. The molecule has 0 aliphatic carbocycles. The molecule has 0 saturated carbocycles. The van der Waals surface area contributed by atoms with Crippen molar-refractivity contribution in [1.82, 2.24) is 30.3 Å². The highest BCUT2D eigenvalue weighted by Gasteiger charge is 2.23. The lowest BCUT2D eigenvalue weighted by Gasteiger charge is -2.31. The van der Waals surface area contributed by atoms with Crippen LogP contribution in [0.1, 0.15) is 44.3 Å². The minimum Gasteiger partial charge on any atom is -0.356 e. The van der Waals surface area contributed by atoms with E-state index in [2.05, 4.69) is 32.7 Å². The van der Waals surface area contributed by atoms with Gasteiger partial charge in [0.15, 0.2) is 11.8 Å². The minimum absolute atomic E-state index is 0. The Morgan fingerprint density at radius 2 is 2.12 bits per heavy atom. The summed E-state index contributed by atoms with van der Waals surface area (Å²) in [5.74, 6) is 2.69. The molecule has 1 aromatic heterocycles. The molecule has 1 aliphatic rings. The van der Waals surface area contributed by atoms with Gasteiger partial charge in [-0.2, -0.15) is 0 Å². The number of rotatable bonds is 6. The number of aromatic nitrogens is 3. The van der Waals surface area contributed by atoms with Crippen molar-refractivity contribution >= 4 is 35.8 Å². The smallest absolute Gasteiger partial charge is 0.222 e. The summed E-state index contributed by atoms with van der Waals surface area (Å²) in [5, 5.41) is 15.0. The Balaban J connectivity index is 0.00000312. The molecule has 0 spiro atoms. The molecule has 2 rings (SSSR count). The quantitative estimate of drug-likeness (QED) is 0.287. The van der Waals surface area contributed by atoms with Crippen LogP contribution in [0.15, 0.2) is 4.99 Å². The highest BCUT2D eigenvalue weighted by atomic mass is 127. The Hall–Kier alpha value is -1.39. The number of hydrogen-bond donors (Lipinski definition) is 2. The van der Waals surface area contributed by atoms with Crippen molar-refractivity contribution in [2.45, 2.75) is 52.1 Å². The Kier molecular flexibility index (Phi) is 9.15. The number of aliphatic imine (C=N–C) groups is 1. The molecule has 1 saturated heterocycles. The van der Waals surface area contributed by atoms with Crippen LogP contribution in [-0.4, -0.2) is 57.7 Å². The predicted molar refractivity (Wildman–Crippen MR) is 109 cm³/mol. The molecule has 2 heterocycles. The fraction of sp³-hybridized carbons (Fsp3) is 0.750. The number of carbonyl (C=O) groups is 1. The van der Waals surface area contributed by atoms with Crippen molar-refractivity contribution in [3.05, 3.63) is 11.6 Å². The molecule has 8 nitrogen and oxygen atoms in total. The van der Waals surface area contributed by atoms with Crippen LogP contribution in [0.4, 0.5) is 0 Å². The van der Waals surface area contributed by atoms with Crippen LogP contribution < -0.4 is 10.6 Å². The fourth-order valence-corrected chi connectivity index (χ4v) is 2.60. The molecule has 142 valence electrons. The molecular weight excluding hydrogens is 433 g/mol. The van der Waals surface area contributed by atoms with E-state index in [-0.39, 0.29) is 35.9 Å². The van der Waals surface area contributed by atoms with E-state index in [1.807, 2.05) is 25.6 Å². The molecule has 0 bridgehead atoms. The number of halogens is 1. The number of likely N-dealkylation sites (N-methyl/N-ethyl adjacent to an activating group) is 1. The number of guanidine groups is 1. The third kappa shape index (κ3) is 6.44. The highest BCUT2D eigenvalue weighted by molar-refractivity contribution is 14.0. The molecule has 0 radical (unpaired) electrons. The second kappa shape index (κ2) is 10.6. The molecule has 1 aliphatic heterocycles. The summed E-state index contributed by atoms with van der Waals surface area (Å²) < 4.78 is 1.94. The largest absolute Gasteiger partial charge is 0.356 e. The summed E-state index contributed by atoms with van der Waals surface area (Å²) >= 11 is 0. The summed E-state index contributed by atoms with van der Waals surface area (Å²) in [6, 6.07) is 0.224. The first-order valence-electron chi connectivity index (χ1n) is 8.65. The van der Waals surface area contributed by atoms with Crippen molar-refractivity contribution in [2.24, 2.45) is 12.0 Å². The standard InChI is InChI=1S/C16H29N7O.HI/c1-5-6-9-17-16(18-10-14-21-20-12(2)23(14)4)19-13-7-8-15(24)22(3)11-13;/h13H,5-11H2,1-4H3,(H2,17,18,19);1H. The number of carbonyl (C=O) groups excluding carboxylic acids is 1. The topological polar surface area (TPSA) is 87.4 Å². The van der Waals surface area contributed by atoms with Crippen LogP contribution in [-0.2, 0) is 18.4 Å². The molecule has 1 amide bonds. The predicted octanol–water partition coefficient (Wildman–Crippen LogP) is 1.20. The van der Waals surface area contributed by atoms with Gasteiger partial charge in [0.25, 0.3) is 0 Å². The number of nitrogens with zero attached hydrogens (tertiary/aromatic N) is 5. The first-order valence-corrected chi connectivity index (χ1v) is 8.65. The summed E-state index contributed by atoms with van der Waals surface area (Å²) in [7, 11) is 3.79. The molecular formula is C16H30IN7O. The van der Waals surface area contributed by atoms with Gasteiger partial charge in [-0.15, -0.1) is 34.2 Å². The van der Waals surface area contributed by atoms with Crippen LogP contribution in [0, 0.1) is 6.92 Å². The van der Waals surface area contributed by atoms with E-state index in [1.165, 1.54) is 0 Å². The molecule has 2 N–H and O–H groups in total. The fourth-order valence-electron chi connectivity index (χ4n) is 2.60. The molecule has 1 atom stereocenters. The van der Waals surface area contributed by atoms with Crippen molar-refractivity contribution < 1.29 is 4.79 Å². The lowest BCUT2D eigenvalue weighted by molar-refractivity contribution is -0.132. The van der Waals surface area contributed by atoms with E-state index < -0.39 is 0 Å². The highest BCUT2D eigenvalue weighted by Crippen LogP contribution is 2.09. The Morgan fingerprint density at radius 1 is 1.36 bits per heavy atom. The van der Waals surface area contributed by atoms with Gasteiger partial charge in [0.05, 0.1) is 0 Å². The normalized spacial score (nSPS) is 18.1.